The molecule has 0 radical (unpaired) electrons. The van der Waals surface area contributed by atoms with Gasteiger partial charge in [0.25, 0.3) is 0 Å². The van der Waals surface area contributed by atoms with Gasteiger partial charge in [-0.1, -0.05) is 18.2 Å². The number of nitrogens with zero attached hydrogens (tertiary/aromatic N) is 2. The molecule has 0 fully saturated rings. The first-order chi connectivity index (χ1) is 16.0. The number of halogens is 3. The number of aromatic nitrogens is 2. The average Bonchev–Trinajstić information content (AvgIpc) is 2.79. The van der Waals surface area contributed by atoms with E-state index in [-0.39, 0.29) is 11.9 Å². The monoisotopic (exact) mass is 492 g/mol. The van der Waals surface area contributed by atoms with Gasteiger partial charge in [0, 0.05) is 34.8 Å². The van der Waals surface area contributed by atoms with Crippen LogP contribution in [0.1, 0.15) is 17.0 Å². The number of ether oxygens (including phenoxy) is 2. The van der Waals surface area contributed by atoms with Crippen molar-refractivity contribution in [1.82, 2.24) is 9.97 Å². The van der Waals surface area contributed by atoms with Gasteiger partial charge in [0.1, 0.15) is 5.52 Å². The maximum absolute atomic E-state index is 12.8. The minimum Gasteiger partial charge on any atom is -0.493 e. The second-order valence-corrected chi connectivity index (χ2v) is 8.95. The number of pyridine rings is 2. The number of hydrogen-bond acceptors (Lipinski definition) is 7. The van der Waals surface area contributed by atoms with E-state index in [0.29, 0.717) is 22.6 Å². The maximum atomic E-state index is 12.8. The number of aryl methyl sites for hydroxylation is 1. The molecule has 0 atom stereocenters. The molecule has 0 aliphatic heterocycles. The zero-order chi connectivity index (χ0) is 24.7. The fraction of sp³-hybridized carbons (Fsp3) is 0.217. The Hall–Kier alpha value is -3.60. The molecule has 0 amide bonds. The van der Waals surface area contributed by atoms with Crippen molar-refractivity contribution in [1.29, 1.82) is 0 Å². The average molecular weight is 492 g/mol. The predicted octanol–water partition coefficient (Wildman–Crippen LogP) is 4.93. The molecular formula is C23H19F3N2O5S. The summed E-state index contributed by atoms with van der Waals surface area (Å²) in [5.74, 6) is 0.574. The number of rotatable bonds is 6. The molecule has 2 aromatic heterocycles. The van der Waals surface area contributed by atoms with Crippen LogP contribution in [-0.4, -0.2) is 38.1 Å². The fourth-order valence-electron chi connectivity index (χ4n) is 3.59. The summed E-state index contributed by atoms with van der Waals surface area (Å²) >= 11 is 0. The van der Waals surface area contributed by atoms with Crippen LogP contribution in [0.3, 0.4) is 0 Å². The minimum absolute atomic E-state index is 0.00329. The van der Waals surface area contributed by atoms with Gasteiger partial charge >= 0.3 is 15.6 Å². The number of alkyl halides is 3. The largest absolute Gasteiger partial charge is 0.534 e. The van der Waals surface area contributed by atoms with Gasteiger partial charge in [0.15, 0.2) is 17.2 Å². The normalized spacial score (nSPS) is 12.2. The van der Waals surface area contributed by atoms with E-state index in [2.05, 4.69) is 14.2 Å². The second-order valence-electron chi connectivity index (χ2n) is 7.41. The first kappa shape index (κ1) is 23.6. The van der Waals surface area contributed by atoms with Crippen molar-refractivity contribution in [2.75, 3.05) is 14.2 Å². The molecule has 0 bridgehead atoms. The van der Waals surface area contributed by atoms with Crippen LogP contribution in [0.5, 0.6) is 17.2 Å². The molecule has 2 heterocycles. The lowest BCUT2D eigenvalue weighted by Gasteiger charge is -2.14. The van der Waals surface area contributed by atoms with Crippen molar-refractivity contribution in [2.45, 2.75) is 18.9 Å². The Labute approximate surface area is 193 Å². The molecule has 4 rings (SSSR count). The Balaban J connectivity index is 1.79. The molecule has 0 saturated heterocycles. The summed E-state index contributed by atoms with van der Waals surface area (Å²) in [5.41, 5.74) is -3.51. The molecule has 2 aromatic carbocycles. The van der Waals surface area contributed by atoms with Gasteiger partial charge in [-0.15, -0.1) is 0 Å². The molecular weight excluding hydrogens is 473 g/mol. The number of fused-ring (bicyclic) bond motifs is 2. The van der Waals surface area contributed by atoms with E-state index in [1.54, 1.807) is 24.4 Å². The molecule has 0 aliphatic carbocycles. The lowest BCUT2D eigenvalue weighted by molar-refractivity contribution is -0.0499. The summed E-state index contributed by atoms with van der Waals surface area (Å²) in [7, 11) is -2.78. The number of methoxy groups -OCH3 is 2. The van der Waals surface area contributed by atoms with Crippen LogP contribution in [0.15, 0.2) is 48.7 Å². The van der Waals surface area contributed by atoms with E-state index >= 15 is 0 Å². The number of hydrogen-bond donors (Lipinski definition) is 0. The Morgan fingerprint density at radius 2 is 1.62 bits per heavy atom. The van der Waals surface area contributed by atoms with E-state index < -0.39 is 21.4 Å². The summed E-state index contributed by atoms with van der Waals surface area (Å²) in [5, 5.41) is 2.12. The van der Waals surface area contributed by atoms with Crippen molar-refractivity contribution >= 4 is 31.8 Å². The highest BCUT2D eigenvalue weighted by molar-refractivity contribution is 7.88. The van der Waals surface area contributed by atoms with E-state index in [1.165, 1.54) is 20.3 Å². The van der Waals surface area contributed by atoms with Gasteiger partial charge in [0.05, 0.1) is 14.2 Å². The molecule has 178 valence electrons. The van der Waals surface area contributed by atoms with Gasteiger partial charge < -0.3 is 13.7 Å². The van der Waals surface area contributed by atoms with E-state index in [1.807, 2.05) is 19.1 Å². The van der Waals surface area contributed by atoms with E-state index in [9.17, 15) is 21.6 Å². The lowest BCUT2D eigenvalue weighted by atomic mass is 10.0. The highest BCUT2D eigenvalue weighted by Crippen LogP contribution is 2.36. The van der Waals surface area contributed by atoms with Crippen LogP contribution >= 0.6 is 0 Å². The minimum atomic E-state index is -5.84. The smallest absolute Gasteiger partial charge is 0.493 e. The maximum Gasteiger partial charge on any atom is 0.534 e. The summed E-state index contributed by atoms with van der Waals surface area (Å²) in [6, 6.07) is 11.1. The Bertz CT molecular complexity index is 1500. The fourth-order valence-corrected chi connectivity index (χ4v) is 4.05. The highest BCUT2D eigenvalue weighted by Gasteiger charge is 2.48. The molecule has 4 aromatic rings. The quantitative estimate of drug-likeness (QED) is 0.279. The van der Waals surface area contributed by atoms with Gasteiger partial charge in [0.2, 0.25) is 0 Å². The first-order valence-electron chi connectivity index (χ1n) is 9.93. The zero-order valence-corrected chi connectivity index (χ0v) is 19.1. The van der Waals surface area contributed by atoms with Crippen LogP contribution in [0.4, 0.5) is 13.2 Å². The second kappa shape index (κ2) is 8.64. The molecule has 0 spiro atoms. The molecule has 0 aliphatic rings. The van der Waals surface area contributed by atoms with Gasteiger partial charge in [-0.2, -0.15) is 21.6 Å². The Kier molecular flexibility index (Phi) is 5.98. The van der Waals surface area contributed by atoms with E-state index in [0.717, 1.165) is 28.1 Å². The molecule has 0 unspecified atom stereocenters. The Morgan fingerprint density at radius 3 is 2.26 bits per heavy atom. The third kappa shape index (κ3) is 4.30. The van der Waals surface area contributed by atoms with Crippen LogP contribution in [0, 0.1) is 6.92 Å². The van der Waals surface area contributed by atoms with Crippen molar-refractivity contribution in [3.63, 3.8) is 0 Å². The molecule has 0 N–H and O–H groups in total. The molecule has 7 nitrogen and oxygen atoms in total. The van der Waals surface area contributed by atoms with Crippen molar-refractivity contribution in [2.24, 2.45) is 0 Å². The predicted molar refractivity (Wildman–Crippen MR) is 120 cm³/mol. The third-order valence-electron chi connectivity index (χ3n) is 5.27. The first-order valence-corrected chi connectivity index (χ1v) is 11.3. The van der Waals surface area contributed by atoms with Crippen LogP contribution in [0.25, 0.3) is 21.7 Å². The van der Waals surface area contributed by atoms with Gasteiger partial charge in [-0.25, -0.2) is 4.98 Å². The number of para-hydroxylation sites is 1. The number of benzene rings is 2. The summed E-state index contributed by atoms with van der Waals surface area (Å²) < 4.78 is 76.7. The van der Waals surface area contributed by atoms with Gasteiger partial charge in [-0.05, 0) is 42.1 Å². The van der Waals surface area contributed by atoms with E-state index in [4.69, 9.17) is 9.47 Å². The van der Waals surface area contributed by atoms with Crippen LogP contribution < -0.4 is 13.7 Å². The standard InChI is InChI=1S/C23H19F3N2O5S/c1-13-17-10-20(31-2)21(32-3)11-18(17)15(12-27-13)9-16-8-7-14-5-4-6-19(22(14)28-16)33-34(29,30)23(24,25)26/h4-8,10-12H,9H2,1-3H3. The molecule has 0 saturated carbocycles. The molecule has 34 heavy (non-hydrogen) atoms. The van der Waals surface area contributed by atoms with Gasteiger partial charge in [-0.3, -0.25) is 4.98 Å². The van der Waals surface area contributed by atoms with Crippen LogP contribution in [-0.2, 0) is 16.5 Å². The van der Waals surface area contributed by atoms with Crippen molar-refractivity contribution in [3.8, 4) is 17.2 Å². The summed E-state index contributed by atoms with van der Waals surface area (Å²) in [4.78, 5) is 8.84. The lowest BCUT2D eigenvalue weighted by Crippen LogP contribution is -2.28. The highest BCUT2D eigenvalue weighted by atomic mass is 32.2. The Morgan fingerprint density at radius 1 is 0.941 bits per heavy atom. The zero-order valence-electron chi connectivity index (χ0n) is 18.3. The third-order valence-corrected chi connectivity index (χ3v) is 6.23. The summed E-state index contributed by atoms with van der Waals surface area (Å²) in [6.45, 7) is 1.86. The van der Waals surface area contributed by atoms with Crippen molar-refractivity contribution < 1.29 is 35.2 Å². The topological polar surface area (TPSA) is 87.6 Å². The summed E-state index contributed by atoms with van der Waals surface area (Å²) in [6.07, 6.45) is 1.96. The molecule has 11 heteroatoms. The van der Waals surface area contributed by atoms with Crippen molar-refractivity contribution in [3.05, 3.63) is 65.6 Å². The SMILES string of the molecule is COc1cc2c(Cc3ccc4cccc(OS(=O)(=O)C(F)(F)F)c4n3)cnc(C)c2cc1OC. The van der Waals surface area contributed by atoms with Crippen LogP contribution in [0.2, 0.25) is 0 Å².